The van der Waals surface area contributed by atoms with E-state index in [4.69, 9.17) is 16.1 Å². The number of pyridine rings is 1. The molecule has 1 aromatic carbocycles. The van der Waals surface area contributed by atoms with Crippen LogP contribution in [0.25, 0.3) is 28.5 Å². The quantitative estimate of drug-likeness (QED) is 0.539. The van der Waals surface area contributed by atoms with Crippen molar-refractivity contribution in [1.82, 2.24) is 29.6 Å². The molecule has 29 heavy (non-hydrogen) atoms. The Bertz CT molecular complexity index is 1260. The van der Waals surface area contributed by atoms with Crippen molar-refractivity contribution in [1.29, 1.82) is 0 Å². The van der Waals surface area contributed by atoms with Crippen molar-refractivity contribution in [3.05, 3.63) is 58.1 Å². The minimum atomic E-state index is -0.435. The molecular formula is C19H17ClN6O3. The van der Waals surface area contributed by atoms with Crippen molar-refractivity contribution in [2.24, 2.45) is 0 Å². The van der Waals surface area contributed by atoms with E-state index in [-0.39, 0.29) is 24.4 Å². The SMILES string of the molecule is CC(C)NC(=O)Cn1nc2c(-c3nc(-c4cccc(Cl)c4)no3)cccn2c1=O. The highest BCUT2D eigenvalue weighted by molar-refractivity contribution is 6.30. The van der Waals surface area contributed by atoms with Gasteiger partial charge < -0.3 is 9.84 Å². The molecule has 0 saturated heterocycles. The van der Waals surface area contributed by atoms with Gasteiger partial charge in [-0.3, -0.25) is 4.79 Å². The zero-order valence-corrected chi connectivity index (χ0v) is 16.4. The number of hydrogen-bond donors (Lipinski definition) is 1. The van der Waals surface area contributed by atoms with Crippen LogP contribution in [0.3, 0.4) is 0 Å². The van der Waals surface area contributed by atoms with Crippen molar-refractivity contribution < 1.29 is 9.32 Å². The smallest absolute Gasteiger partial charge is 0.350 e. The third-order valence-electron chi connectivity index (χ3n) is 4.09. The van der Waals surface area contributed by atoms with Crippen LogP contribution in [-0.2, 0) is 11.3 Å². The van der Waals surface area contributed by atoms with Gasteiger partial charge in [0.1, 0.15) is 6.54 Å². The molecule has 0 atom stereocenters. The number of carbonyl (C=O) groups excluding carboxylic acids is 1. The van der Waals surface area contributed by atoms with Gasteiger partial charge in [0.05, 0.1) is 5.56 Å². The Morgan fingerprint density at radius 1 is 1.28 bits per heavy atom. The second-order valence-electron chi connectivity index (χ2n) is 6.71. The maximum atomic E-state index is 12.6. The molecule has 10 heteroatoms. The average Bonchev–Trinajstić information content (AvgIpc) is 3.27. The van der Waals surface area contributed by atoms with Crippen LogP contribution in [-0.4, -0.2) is 36.3 Å². The average molecular weight is 413 g/mol. The van der Waals surface area contributed by atoms with Gasteiger partial charge in [-0.2, -0.15) is 4.98 Å². The van der Waals surface area contributed by atoms with Gasteiger partial charge in [-0.25, -0.2) is 13.9 Å². The van der Waals surface area contributed by atoms with Crippen LogP contribution >= 0.6 is 11.6 Å². The lowest BCUT2D eigenvalue weighted by atomic mass is 10.2. The molecule has 0 aliphatic rings. The number of benzene rings is 1. The predicted octanol–water partition coefficient (Wildman–Crippen LogP) is 2.39. The number of carbonyl (C=O) groups is 1. The molecule has 148 valence electrons. The third kappa shape index (κ3) is 3.77. The highest BCUT2D eigenvalue weighted by atomic mass is 35.5. The van der Waals surface area contributed by atoms with Crippen LogP contribution in [0.2, 0.25) is 5.02 Å². The first kappa shape index (κ1) is 18.9. The maximum Gasteiger partial charge on any atom is 0.350 e. The topological polar surface area (TPSA) is 107 Å². The molecule has 0 unspecified atom stereocenters. The first-order valence-electron chi connectivity index (χ1n) is 8.90. The largest absolute Gasteiger partial charge is 0.352 e. The van der Waals surface area contributed by atoms with Crippen LogP contribution in [0.1, 0.15) is 13.8 Å². The summed E-state index contributed by atoms with van der Waals surface area (Å²) in [6, 6.07) is 10.4. The van der Waals surface area contributed by atoms with Gasteiger partial charge in [0.2, 0.25) is 11.7 Å². The molecule has 1 amide bonds. The number of fused-ring (bicyclic) bond motifs is 1. The Balaban J connectivity index is 1.73. The summed E-state index contributed by atoms with van der Waals surface area (Å²) >= 11 is 6.02. The van der Waals surface area contributed by atoms with Gasteiger partial charge in [-0.1, -0.05) is 28.9 Å². The van der Waals surface area contributed by atoms with Crippen LogP contribution in [0.15, 0.2) is 51.9 Å². The van der Waals surface area contributed by atoms with E-state index in [0.29, 0.717) is 27.6 Å². The van der Waals surface area contributed by atoms with E-state index in [0.717, 1.165) is 4.68 Å². The van der Waals surface area contributed by atoms with Crippen molar-refractivity contribution >= 4 is 23.2 Å². The third-order valence-corrected chi connectivity index (χ3v) is 4.33. The van der Waals surface area contributed by atoms with Gasteiger partial charge in [0.25, 0.3) is 5.89 Å². The van der Waals surface area contributed by atoms with Gasteiger partial charge in [0.15, 0.2) is 5.65 Å². The Morgan fingerprint density at radius 2 is 2.10 bits per heavy atom. The molecule has 0 bridgehead atoms. The summed E-state index contributed by atoms with van der Waals surface area (Å²) in [5.41, 5.74) is 1.06. The predicted molar refractivity (Wildman–Crippen MR) is 106 cm³/mol. The fourth-order valence-electron chi connectivity index (χ4n) is 2.89. The van der Waals surface area contributed by atoms with Gasteiger partial charge >= 0.3 is 5.69 Å². The Hall–Kier alpha value is -3.46. The molecule has 0 spiro atoms. The van der Waals surface area contributed by atoms with E-state index in [2.05, 4.69) is 20.6 Å². The lowest BCUT2D eigenvalue weighted by molar-refractivity contribution is -0.122. The maximum absolute atomic E-state index is 12.6. The summed E-state index contributed by atoms with van der Waals surface area (Å²) in [5.74, 6) is 0.269. The van der Waals surface area contributed by atoms with E-state index in [1.807, 2.05) is 19.9 Å². The van der Waals surface area contributed by atoms with Gasteiger partial charge in [0, 0.05) is 22.8 Å². The molecule has 4 rings (SSSR count). The highest BCUT2D eigenvalue weighted by Gasteiger charge is 2.18. The molecule has 3 aromatic heterocycles. The summed E-state index contributed by atoms with van der Waals surface area (Å²) in [6.45, 7) is 3.50. The summed E-state index contributed by atoms with van der Waals surface area (Å²) < 4.78 is 7.82. The number of halogens is 1. The van der Waals surface area contributed by atoms with Gasteiger partial charge in [-0.15, -0.1) is 5.10 Å². The van der Waals surface area contributed by atoms with Crippen LogP contribution < -0.4 is 11.0 Å². The van der Waals surface area contributed by atoms with E-state index in [1.54, 1.807) is 36.5 Å². The van der Waals surface area contributed by atoms with Crippen molar-refractivity contribution in [2.75, 3.05) is 0 Å². The summed E-state index contributed by atoms with van der Waals surface area (Å²) in [6.07, 6.45) is 1.57. The number of nitrogens with one attached hydrogen (secondary N) is 1. The Morgan fingerprint density at radius 3 is 2.86 bits per heavy atom. The van der Waals surface area contributed by atoms with E-state index in [1.165, 1.54) is 4.40 Å². The normalized spacial score (nSPS) is 11.3. The van der Waals surface area contributed by atoms with E-state index >= 15 is 0 Å². The molecule has 1 N–H and O–H groups in total. The number of rotatable bonds is 5. The lowest BCUT2D eigenvalue weighted by Gasteiger charge is -2.06. The Kier molecular flexibility index (Phi) is 4.89. The standard InChI is InChI=1S/C19H17ClN6O3/c1-11(2)21-15(27)10-26-19(28)25-8-4-7-14(17(25)23-26)18-22-16(24-29-18)12-5-3-6-13(20)9-12/h3-9,11H,10H2,1-2H3,(H,21,27). The first-order valence-corrected chi connectivity index (χ1v) is 9.28. The second-order valence-corrected chi connectivity index (χ2v) is 7.15. The minimum Gasteiger partial charge on any atom is -0.352 e. The molecule has 0 fully saturated rings. The van der Waals surface area contributed by atoms with Crippen LogP contribution in [0.5, 0.6) is 0 Å². The lowest BCUT2D eigenvalue weighted by Crippen LogP contribution is -2.36. The number of hydrogen-bond acceptors (Lipinski definition) is 6. The van der Waals surface area contributed by atoms with Crippen LogP contribution in [0.4, 0.5) is 0 Å². The van der Waals surface area contributed by atoms with Crippen molar-refractivity contribution in [3.8, 4) is 22.8 Å². The molecule has 9 nitrogen and oxygen atoms in total. The molecular weight excluding hydrogens is 396 g/mol. The zero-order valence-electron chi connectivity index (χ0n) is 15.7. The molecule has 0 radical (unpaired) electrons. The molecule has 3 heterocycles. The molecule has 4 aromatic rings. The minimum absolute atomic E-state index is 0.0332. The fraction of sp³-hybridized carbons (Fsp3) is 0.211. The van der Waals surface area contributed by atoms with Gasteiger partial charge in [-0.05, 0) is 38.1 Å². The molecule has 0 aliphatic heterocycles. The summed E-state index contributed by atoms with van der Waals surface area (Å²) in [4.78, 5) is 29.0. The van der Waals surface area contributed by atoms with Crippen molar-refractivity contribution in [2.45, 2.75) is 26.4 Å². The number of aromatic nitrogens is 5. The fourth-order valence-corrected chi connectivity index (χ4v) is 3.08. The summed E-state index contributed by atoms with van der Waals surface area (Å²) in [5, 5.41) is 11.6. The zero-order chi connectivity index (χ0) is 20.5. The van der Waals surface area contributed by atoms with Crippen molar-refractivity contribution in [3.63, 3.8) is 0 Å². The second kappa shape index (κ2) is 7.51. The van der Waals surface area contributed by atoms with Crippen LogP contribution in [0, 0.1) is 0 Å². The van der Waals surface area contributed by atoms with E-state index < -0.39 is 5.69 Å². The number of nitrogens with zero attached hydrogens (tertiary/aromatic N) is 5. The number of amides is 1. The Labute approximate surface area is 169 Å². The molecule has 0 aliphatic carbocycles. The molecule has 0 saturated carbocycles. The van der Waals surface area contributed by atoms with E-state index in [9.17, 15) is 9.59 Å². The monoisotopic (exact) mass is 412 g/mol. The highest BCUT2D eigenvalue weighted by Crippen LogP contribution is 2.25. The first-order chi connectivity index (χ1) is 13.9. The summed E-state index contributed by atoms with van der Waals surface area (Å²) in [7, 11) is 0.